The fraction of sp³-hybridized carbons (Fsp3) is 0.450. The molecule has 2 amide bonds. The van der Waals surface area contributed by atoms with E-state index in [1.54, 1.807) is 17.2 Å². The number of aliphatic hydroxyl groups is 2. The van der Waals surface area contributed by atoms with Gasteiger partial charge in [-0.1, -0.05) is 24.6 Å². The van der Waals surface area contributed by atoms with Crippen LogP contribution in [0, 0.1) is 11.7 Å². The lowest BCUT2D eigenvalue weighted by Crippen LogP contribution is -2.45. The second kappa shape index (κ2) is 9.47. The summed E-state index contributed by atoms with van der Waals surface area (Å²) in [6, 6.07) is 3.05. The molecule has 3 rings (SSSR count). The maximum absolute atomic E-state index is 13.7. The summed E-state index contributed by atoms with van der Waals surface area (Å²) in [5.41, 5.74) is 2.20. The largest absolute Gasteiger partial charge is 0.396 e. The minimum Gasteiger partial charge on any atom is -0.396 e. The molecular formula is C20H24ClFN4O3. The molecule has 0 radical (unpaired) electrons. The summed E-state index contributed by atoms with van der Waals surface area (Å²) < 4.78 is 13.7. The van der Waals surface area contributed by atoms with E-state index < -0.39 is 11.9 Å². The Morgan fingerprint density at radius 3 is 2.86 bits per heavy atom. The van der Waals surface area contributed by atoms with Crippen LogP contribution in [0.5, 0.6) is 0 Å². The van der Waals surface area contributed by atoms with Gasteiger partial charge in [0.1, 0.15) is 11.6 Å². The number of benzene rings is 1. The maximum atomic E-state index is 13.7. The highest BCUT2D eigenvalue weighted by molar-refractivity contribution is 6.30. The van der Waals surface area contributed by atoms with Crippen molar-refractivity contribution in [1.29, 1.82) is 0 Å². The van der Waals surface area contributed by atoms with E-state index in [1.807, 2.05) is 6.92 Å². The van der Waals surface area contributed by atoms with Crippen LogP contribution >= 0.6 is 11.6 Å². The highest BCUT2D eigenvalue weighted by atomic mass is 35.5. The van der Waals surface area contributed by atoms with Crippen LogP contribution in [0.4, 0.5) is 9.18 Å². The number of hydrogen-bond donors (Lipinski definition) is 3. The van der Waals surface area contributed by atoms with E-state index >= 15 is 0 Å². The fourth-order valence-electron chi connectivity index (χ4n) is 3.20. The van der Waals surface area contributed by atoms with Crippen molar-refractivity contribution in [1.82, 2.24) is 20.2 Å². The van der Waals surface area contributed by atoms with E-state index in [2.05, 4.69) is 15.3 Å². The first-order chi connectivity index (χ1) is 13.9. The lowest BCUT2D eigenvalue weighted by molar-refractivity contribution is 0.176. The van der Waals surface area contributed by atoms with Gasteiger partial charge in [0.25, 0.3) is 0 Å². The topological polar surface area (TPSA) is 98.6 Å². The molecule has 0 fully saturated rings. The number of rotatable bonds is 6. The lowest BCUT2D eigenvalue weighted by atomic mass is 10.1. The Labute approximate surface area is 173 Å². The summed E-state index contributed by atoms with van der Waals surface area (Å²) in [5, 5.41) is 21.6. The molecular weight excluding hydrogens is 399 g/mol. The first-order valence-electron chi connectivity index (χ1n) is 9.47. The van der Waals surface area contributed by atoms with Crippen molar-refractivity contribution in [3.8, 4) is 0 Å². The van der Waals surface area contributed by atoms with Gasteiger partial charge in [-0.15, -0.1) is 0 Å². The van der Waals surface area contributed by atoms with Gasteiger partial charge in [-0.2, -0.15) is 0 Å². The van der Waals surface area contributed by atoms with Gasteiger partial charge in [0.2, 0.25) is 0 Å². The van der Waals surface area contributed by atoms with Gasteiger partial charge in [0.15, 0.2) is 0 Å². The molecule has 0 saturated carbocycles. The predicted octanol–water partition coefficient (Wildman–Crippen LogP) is 2.24. The number of aromatic nitrogens is 2. The monoisotopic (exact) mass is 422 g/mol. The van der Waals surface area contributed by atoms with Gasteiger partial charge in [0.05, 0.1) is 29.9 Å². The molecule has 1 unspecified atom stereocenters. The molecule has 156 valence electrons. The van der Waals surface area contributed by atoms with Crippen LogP contribution in [-0.4, -0.2) is 50.9 Å². The van der Waals surface area contributed by atoms with E-state index in [0.29, 0.717) is 37.3 Å². The summed E-state index contributed by atoms with van der Waals surface area (Å²) in [4.78, 5) is 23.2. The van der Waals surface area contributed by atoms with Gasteiger partial charge in [0, 0.05) is 25.8 Å². The first kappa shape index (κ1) is 21.4. The van der Waals surface area contributed by atoms with Crippen LogP contribution in [0.1, 0.15) is 35.6 Å². The number of nitrogens with one attached hydrogen (secondary N) is 1. The third-order valence-electron chi connectivity index (χ3n) is 4.95. The maximum Gasteiger partial charge on any atom is 0.318 e. The molecule has 1 aliphatic heterocycles. The van der Waals surface area contributed by atoms with Crippen LogP contribution in [0.25, 0.3) is 0 Å². The number of aliphatic hydroxyl groups excluding tert-OH is 2. The zero-order chi connectivity index (χ0) is 21.0. The van der Waals surface area contributed by atoms with Crippen molar-refractivity contribution in [2.24, 2.45) is 5.92 Å². The van der Waals surface area contributed by atoms with Crippen molar-refractivity contribution in [2.75, 3.05) is 19.8 Å². The quantitative estimate of drug-likeness (QED) is 0.663. The Kier molecular flexibility index (Phi) is 7.00. The molecule has 29 heavy (non-hydrogen) atoms. The number of carbonyl (C=O) groups is 1. The predicted molar refractivity (Wildman–Crippen MR) is 106 cm³/mol. The normalized spacial score (nSPS) is 15.6. The average Bonchev–Trinajstić information content (AvgIpc) is 2.73. The lowest BCUT2D eigenvalue weighted by Gasteiger charge is -2.30. The number of halogens is 2. The Morgan fingerprint density at radius 1 is 1.38 bits per heavy atom. The molecule has 2 heterocycles. The van der Waals surface area contributed by atoms with Gasteiger partial charge in [-0.05, 0) is 35.6 Å². The number of hydrogen-bond acceptors (Lipinski definition) is 5. The SMILES string of the molecule is CC(CO)Cc1ncc2c(n1)CN(C(=O)N[C@H](CO)c1ccc(Cl)c(F)c1)CC2. The minimum atomic E-state index is -0.748. The standard InChI is InChI=1S/C20H24ClFN4O3/c1-12(10-27)6-19-23-8-14-4-5-26(9-17(14)24-19)20(29)25-18(11-28)13-2-3-15(21)16(22)7-13/h2-3,7-8,12,18,27-28H,4-6,9-11H2,1H3,(H,25,29)/t12?,18-/m1/s1. The van der Waals surface area contributed by atoms with E-state index in [9.17, 15) is 19.4 Å². The van der Waals surface area contributed by atoms with Crippen molar-refractivity contribution in [3.05, 3.63) is 57.9 Å². The number of amides is 2. The average molecular weight is 423 g/mol. The summed E-state index contributed by atoms with van der Waals surface area (Å²) in [6.45, 7) is 2.40. The van der Waals surface area contributed by atoms with Crippen LogP contribution in [0.15, 0.2) is 24.4 Å². The number of carbonyl (C=O) groups excluding carboxylic acids is 1. The Bertz CT molecular complexity index is 883. The van der Waals surface area contributed by atoms with Crippen LogP contribution < -0.4 is 5.32 Å². The molecule has 2 aromatic rings. The summed E-state index contributed by atoms with van der Waals surface area (Å²) >= 11 is 5.70. The van der Waals surface area contributed by atoms with Gasteiger partial charge in [-0.25, -0.2) is 19.2 Å². The molecule has 1 aliphatic rings. The van der Waals surface area contributed by atoms with E-state index in [1.165, 1.54) is 12.1 Å². The molecule has 1 aromatic heterocycles. The van der Waals surface area contributed by atoms with E-state index in [-0.39, 0.29) is 30.2 Å². The summed E-state index contributed by atoms with van der Waals surface area (Å²) in [5.74, 6) is 0.0867. The highest BCUT2D eigenvalue weighted by Gasteiger charge is 2.25. The number of nitrogens with zero attached hydrogens (tertiary/aromatic N) is 3. The zero-order valence-corrected chi connectivity index (χ0v) is 16.9. The number of urea groups is 1. The molecule has 9 heteroatoms. The molecule has 0 aliphatic carbocycles. The smallest absolute Gasteiger partial charge is 0.318 e. The highest BCUT2D eigenvalue weighted by Crippen LogP contribution is 2.22. The Balaban J connectivity index is 1.69. The van der Waals surface area contributed by atoms with Crippen LogP contribution in [-0.2, 0) is 19.4 Å². The molecule has 7 nitrogen and oxygen atoms in total. The van der Waals surface area contributed by atoms with Crippen LogP contribution in [0.2, 0.25) is 5.02 Å². The van der Waals surface area contributed by atoms with Crippen molar-refractivity contribution in [3.63, 3.8) is 0 Å². The molecule has 0 bridgehead atoms. The summed E-state index contributed by atoms with van der Waals surface area (Å²) in [6.07, 6.45) is 2.96. The second-order valence-corrected chi connectivity index (χ2v) is 7.69. The van der Waals surface area contributed by atoms with Gasteiger partial charge >= 0.3 is 6.03 Å². The van der Waals surface area contributed by atoms with E-state index in [4.69, 9.17) is 11.6 Å². The summed E-state index contributed by atoms with van der Waals surface area (Å²) in [7, 11) is 0. The molecule has 0 saturated heterocycles. The molecule has 2 atom stereocenters. The number of fused-ring (bicyclic) bond motifs is 1. The Hall–Kier alpha value is -2.29. The van der Waals surface area contributed by atoms with Crippen LogP contribution in [0.3, 0.4) is 0 Å². The van der Waals surface area contributed by atoms with Gasteiger partial charge < -0.3 is 20.4 Å². The second-order valence-electron chi connectivity index (χ2n) is 7.28. The third kappa shape index (κ3) is 5.20. The molecule has 0 spiro atoms. The zero-order valence-electron chi connectivity index (χ0n) is 16.1. The third-order valence-corrected chi connectivity index (χ3v) is 5.26. The van der Waals surface area contributed by atoms with Crippen molar-refractivity contribution < 1.29 is 19.4 Å². The van der Waals surface area contributed by atoms with Crippen molar-refractivity contribution in [2.45, 2.75) is 32.4 Å². The van der Waals surface area contributed by atoms with Crippen molar-refractivity contribution >= 4 is 17.6 Å². The first-order valence-corrected chi connectivity index (χ1v) is 9.84. The minimum absolute atomic E-state index is 0.0181. The molecule has 1 aromatic carbocycles. The van der Waals surface area contributed by atoms with Gasteiger partial charge in [-0.3, -0.25) is 0 Å². The van der Waals surface area contributed by atoms with E-state index in [0.717, 1.165) is 11.3 Å². The fourth-order valence-corrected chi connectivity index (χ4v) is 3.31. The molecule has 3 N–H and O–H groups in total. The Morgan fingerprint density at radius 2 is 2.17 bits per heavy atom.